The van der Waals surface area contributed by atoms with Crippen LogP contribution in [0.4, 0.5) is 0 Å². The molecule has 1 fully saturated rings. The van der Waals surface area contributed by atoms with Crippen LogP contribution in [0.3, 0.4) is 0 Å². The predicted molar refractivity (Wildman–Crippen MR) is 117 cm³/mol. The van der Waals surface area contributed by atoms with Gasteiger partial charge in [-0.15, -0.1) is 0 Å². The molecule has 0 radical (unpaired) electrons. The minimum atomic E-state index is -2.99. The molecular formula is C22H27N3O4S. The van der Waals surface area contributed by atoms with E-state index in [9.17, 15) is 18.0 Å². The van der Waals surface area contributed by atoms with Gasteiger partial charge in [0.15, 0.2) is 0 Å². The standard InChI is InChI=1S/C22H27N3O4S/c1-30(28,29)16-15-24-11-13-25(14-12-24)21(26)17-23-22(27)20-9-7-19(8-10-20)18-5-3-2-4-6-18/h2-10H,11-17H2,1H3,(H,23,27). The summed E-state index contributed by atoms with van der Waals surface area (Å²) in [6.07, 6.45) is 1.23. The van der Waals surface area contributed by atoms with Crippen molar-refractivity contribution in [3.05, 3.63) is 60.2 Å². The Labute approximate surface area is 177 Å². The average molecular weight is 430 g/mol. The van der Waals surface area contributed by atoms with Crippen molar-refractivity contribution in [1.82, 2.24) is 15.1 Å². The molecule has 7 nitrogen and oxygen atoms in total. The first kappa shape index (κ1) is 22.0. The lowest BCUT2D eigenvalue weighted by atomic mass is 10.0. The van der Waals surface area contributed by atoms with Gasteiger partial charge in [0.25, 0.3) is 5.91 Å². The van der Waals surface area contributed by atoms with E-state index in [2.05, 4.69) is 5.32 Å². The maximum atomic E-state index is 12.4. The van der Waals surface area contributed by atoms with Crippen LogP contribution in [0.1, 0.15) is 10.4 Å². The van der Waals surface area contributed by atoms with Crippen molar-refractivity contribution in [2.75, 3.05) is 51.3 Å². The Morgan fingerprint density at radius 1 is 0.900 bits per heavy atom. The van der Waals surface area contributed by atoms with Crippen LogP contribution in [0.25, 0.3) is 11.1 Å². The topological polar surface area (TPSA) is 86.8 Å². The molecule has 2 aromatic carbocycles. The third kappa shape index (κ3) is 6.40. The Balaban J connectivity index is 1.44. The predicted octanol–water partition coefficient (Wildman–Crippen LogP) is 1.27. The number of sulfone groups is 1. The lowest BCUT2D eigenvalue weighted by Gasteiger charge is -2.34. The molecule has 1 aliphatic rings. The zero-order valence-electron chi connectivity index (χ0n) is 17.1. The number of nitrogens with zero attached hydrogens (tertiary/aromatic N) is 2. The number of amides is 2. The Kier molecular flexibility index (Phi) is 7.23. The van der Waals surface area contributed by atoms with E-state index in [0.717, 1.165) is 11.1 Å². The molecule has 0 aliphatic carbocycles. The molecule has 2 aromatic rings. The number of carbonyl (C=O) groups is 2. The van der Waals surface area contributed by atoms with E-state index in [1.54, 1.807) is 17.0 Å². The normalized spacial score (nSPS) is 15.0. The summed E-state index contributed by atoms with van der Waals surface area (Å²) in [4.78, 5) is 28.5. The highest BCUT2D eigenvalue weighted by Crippen LogP contribution is 2.19. The van der Waals surface area contributed by atoms with Gasteiger partial charge >= 0.3 is 0 Å². The number of benzene rings is 2. The van der Waals surface area contributed by atoms with Crippen molar-refractivity contribution in [1.29, 1.82) is 0 Å². The van der Waals surface area contributed by atoms with Crippen LogP contribution in [-0.2, 0) is 14.6 Å². The summed E-state index contributed by atoms with van der Waals surface area (Å²) in [5, 5.41) is 2.69. The zero-order valence-corrected chi connectivity index (χ0v) is 17.9. The molecule has 0 spiro atoms. The SMILES string of the molecule is CS(=O)(=O)CCN1CCN(C(=O)CNC(=O)c2ccc(-c3ccccc3)cc2)CC1. The summed E-state index contributed by atoms with van der Waals surface area (Å²) < 4.78 is 22.5. The highest BCUT2D eigenvalue weighted by Gasteiger charge is 2.22. The fraction of sp³-hybridized carbons (Fsp3) is 0.364. The summed E-state index contributed by atoms with van der Waals surface area (Å²) in [5.74, 6) is -0.290. The molecule has 0 aromatic heterocycles. The highest BCUT2D eigenvalue weighted by atomic mass is 32.2. The number of carbonyl (C=O) groups excluding carboxylic acids is 2. The maximum absolute atomic E-state index is 12.4. The lowest BCUT2D eigenvalue weighted by molar-refractivity contribution is -0.131. The van der Waals surface area contributed by atoms with E-state index in [4.69, 9.17) is 0 Å². The molecule has 0 unspecified atom stereocenters. The number of hydrogen-bond acceptors (Lipinski definition) is 5. The first-order valence-electron chi connectivity index (χ1n) is 9.93. The van der Waals surface area contributed by atoms with Crippen LogP contribution in [0.5, 0.6) is 0 Å². The molecular weight excluding hydrogens is 402 g/mol. The molecule has 2 amide bonds. The van der Waals surface area contributed by atoms with E-state index in [-0.39, 0.29) is 24.1 Å². The van der Waals surface area contributed by atoms with Gasteiger partial charge in [0.2, 0.25) is 5.91 Å². The van der Waals surface area contributed by atoms with Crippen LogP contribution in [-0.4, -0.2) is 81.3 Å². The van der Waals surface area contributed by atoms with E-state index in [0.29, 0.717) is 38.3 Å². The summed E-state index contributed by atoms with van der Waals surface area (Å²) >= 11 is 0. The van der Waals surface area contributed by atoms with Crippen molar-refractivity contribution in [3.63, 3.8) is 0 Å². The third-order valence-electron chi connectivity index (χ3n) is 5.16. The minimum Gasteiger partial charge on any atom is -0.343 e. The van der Waals surface area contributed by atoms with Gasteiger partial charge in [-0.05, 0) is 23.3 Å². The van der Waals surface area contributed by atoms with E-state index in [1.165, 1.54) is 6.26 Å². The molecule has 0 saturated carbocycles. The van der Waals surface area contributed by atoms with Gasteiger partial charge in [0.05, 0.1) is 12.3 Å². The highest BCUT2D eigenvalue weighted by molar-refractivity contribution is 7.90. The summed E-state index contributed by atoms with van der Waals surface area (Å²) in [6.45, 7) is 2.76. The van der Waals surface area contributed by atoms with Crippen molar-refractivity contribution in [2.45, 2.75) is 0 Å². The Bertz CT molecular complexity index is 967. The van der Waals surface area contributed by atoms with Gasteiger partial charge in [-0.2, -0.15) is 0 Å². The minimum absolute atomic E-state index is 0.0530. The van der Waals surface area contributed by atoms with Crippen molar-refractivity contribution >= 4 is 21.7 Å². The number of hydrogen-bond donors (Lipinski definition) is 1. The number of nitrogens with one attached hydrogen (secondary N) is 1. The Morgan fingerprint density at radius 2 is 1.50 bits per heavy atom. The molecule has 0 atom stereocenters. The van der Waals surface area contributed by atoms with Gasteiger partial charge in [0, 0.05) is 44.5 Å². The van der Waals surface area contributed by atoms with Gasteiger partial charge in [-0.25, -0.2) is 8.42 Å². The van der Waals surface area contributed by atoms with Crippen LogP contribution in [0.15, 0.2) is 54.6 Å². The summed E-state index contributed by atoms with van der Waals surface area (Å²) in [7, 11) is -2.99. The van der Waals surface area contributed by atoms with Crippen molar-refractivity contribution in [2.24, 2.45) is 0 Å². The average Bonchev–Trinajstić information content (AvgIpc) is 2.76. The van der Waals surface area contributed by atoms with Crippen molar-refractivity contribution < 1.29 is 18.0 Å². The molecule has 30 heavy (non-hydrogen) atoms. The zero-order chi connectivity index (χ0) is 21.6. The number of piperazine rings is 1. The van der Waals surface area contributed by atoms with Crippen molar-refractivity contribution in [3.8, 4) is 11.1 Å². The quantitative estimate of drug-likeness (QED) is 0.716. The summed E-state index contributed by atoms with van der Waals surface area (Å²) in [5.41, 5.74) is 2.61. The largest absolute Gasteiger partial charge is 0.343 e. The summed E-state index contributed by atoms with van der Waals surface area (Å²) in [6, 6.07) is 17.2. The molecule has 1 aliphatic heterocycles. The smallest absolute Gasteiger partial charge is 0.251 e. The van der Waals surface area contributed by atoms with Gasteiger partial charge in [-0.1, -0.05) is 42.5 Å². The van der Waals surface area contributed by atoms with Gasteiger partial charge in [0.1, 0.15) is 9.84 Å². The van der Waals surface area contributed by atoms with Gasteiger partial charge in [-0.3, -0.25) is 14.5 Å². The van der Waals surface area contributed by atoms with E-state index >= 15 is 0 Å². The fourth-order valence-corrected chi connectivity index (χ4v) is 3.92. The Morgan fingerprint density at radius 3 is 2.10 bits per heavy atom. The van der Waals surface area contributed by atoms with E-state index in [1.807, 2.05) is 47.4 Å². The second-order valence-electron chi connectivity index (χ2n) is 7.48. The second-order valence-corrected chi connectivity index (χ2v) is 9.74. The second kappa shape index (κ2) is 9.86. The van der Waals surface area contributed by atoms with Crippen LogP contribution in [0, 0.1) is 0 Å². The maximum Gasteiger partial charge on any atom is 0.251 e. The molecule has 0 bridgehead atoms. The molecule has 1 N–H and O–H groups in total. The molecule has 160 valence electrons. The first-order chi connectivity index (χ1) is 14.3. The monoisotopic (exact) mass is 429 g/mol. The molecule has 1 saturated heterocycles. The Hall–Kier alpha value is -2.71. The van der Waals surface area contributed by atoms with Crippen LogP contribution >= 0.6 is 0 Å². The first-order valence-corrected chi connectivity index (χ1v) is 12.0. The molecule has 8 heteroatoms. The van der Waals surface area contributed by atoms with Gasteiger partial charge < -0.3 is 10.2 Å². The van der Waals surface area contributed by atoms with E-state index < -0.39 is 9.84 Å². The van der Waals surface area contributed by atoms with Crippen LogP contribution in [0.2, 0.25) is 0 Å². The van der Waals surface area contributed by atoms with Crippen LogP contribution < -0.4 is 5.32 Å². The fourth-order valence-electron chi connectivity index (χ4n) is 3.33. The lowest BCUT2D eigenvalue weighted by Crippen LogP contribution is -2.51. The molecule has 1 heterocycles. The molecule has 3 rings (SSSR count). The third-order valence-corrected chi connectivity index (χ3v) is 6.08. The number of rotatable bonds is 7.